The molecule has 1 heterocycles. The summed E-state index contributed by atoms with van der Waals surface area (Å²) in [6.07, 6.45) is 0. The SMILES string of the molecule is CC1(C)CN(C(=O)COc2ccc(Cl)cc2Cl)c2ccccc2N1. The third-order valence-corrected chi connectivity index (χ3v) is 4.30. The Morgan fingerprint density at radius 2 is 2.00 bits per heavy atom. The highest BCUT2D eigenvalue weighted by molar-refractivity contribution is 6.35. The molecule has 0 radical (unpaired) electrons. The highest BCUT2D eigenvalue weighted by atomic mass is 35.5. The largest absolute Gasteiger partial charge is 0.482 e. The standard InChI is InChI=1S/C18H18Cl2N2O2/c1-18(2)11-22(15-6-4-3-5-14(15)21-18)17(23)10-24-16-8-7-12(19)9-13(16)20/h3-9,21H,10-11H2,1-2H3. The number of rotatable bonds is 3. The number of hydrogen-bond donors (Lipinski definition) is 1. The molecule has 0 atom stereocenters. The van der Waals surface area contributed by atoms with Crippen LogP contribution in [0, 0.1) is 0 Å². The van der Waals surface area contributed by atoms with Crippen molar-refractivity contribution in [3.05, 3.63) is 52.5 Å². The number of para-hydroxylation sites is 2. The van der Waals surface area contributed by atoms with E-state index >= 15 is 0 Å². The number of nitrogens with one attached hydrogen (secondary N) is 1. The molecular formula is C18H18Cl2N2O2. The molecule has 3 rings (SSSR count). The van der Waals surface area contributed by atoms with Crippen molar-refractivity contribution in [3.8, 4) is 5.75 Å². The molecule has 24 heavy (non-hydrogen) atoms. The van der Waals surface area contributed by atoms with Crippen molar-refractivity contribution >= 4 is 40.5 Å². The zero-order chi connectivity index (χ0) is 17.3. The van der Waals surface area contributed by atoms with E-state index in [0.29, 0.717) is 22.3 Å². The summed E-state index contributed by atoms with van der Waals surface area (Å²) in [5.41, 5.74) is 1.57. The van der Waals surface area contributed by atoms with Crippen LogP contribution < -0.4 is 15.0 Å². The van der Waals surface area contributed by atoms with Crippen molar-refractivity contribution < 1.29 is 9.53 Å². The van der Waals surface area contributed by atoms with E-state index in [1.807, 2.05) is 24.3 Å². The lowest BCUT2D eigenvalue weighted by molar-refractivity contribution is -0.120. The van der Waals surface area contributed by atoms with Gasteiger partial charge in [-0.25, -0.2) is 0 Å². The lowest BCUT2D eigenvalue weighted by Crippen LogP contribution is -2.51. The number of fused-ring (bicyclic) bond motifs is 1. The van der Waals surface area contributed by atoms with Crippen LogP contribution in [0.4, 0.5) is 11.4 Å². The molecule has 1 N–H and O–H groups in total. The van der Waals surface area contributed by atoms with Crippen LogP contribution in [0.3, 0.4) is 0 Å². The quantitative estimate of drug-likeness (QED) is 0.864. The lowest BCUT2D eigenvalue weighted by Gasteiger charge is -2.40. The zero-order valence-electron chi connectivity index (χ0n) is 13.5. The summed E-state index contributed by atoms with van der Waals surface area (Å²) < 4.78 is 5.59. The summed E-state index contributed by atoms with van der Waals surface area (Å²) in [5.74, 6) is 0.320. The van der Waals surface area contributed by atoms with Crippen molar-refractivity contribution in [1.82, 2.24) is 0 Å². The summed E-state index contributed by atoms with van der Waals surface area (Å²) >= 11 is 11.9. The lowest BCUT2D eigenvalue weighted by atomic mass is 9.99. The Morgan fingerprint density at radius 3 is 2.75 bits per heavy atom. The molecule has 0 spiro atoms. The minimum Gasteiger partial charge on any atom is -0.482 e. The Kier molecular flexibility index (Phi) is 4.61. The molecule has 0 unspecified atom stereocenters. The third kappa shape index (κ3) is 3.60. The highest BCUT2D eigenvalue weighted by Crippen LogP contribution is 2.34. The molecule has 126 valence electrons. The van der Waals surface area contributed by atoms with E-state index < -0.39 is 0 Å². The van der Waals surface area contributed by atoms with E-state index in [-0.39, 0.29) is 18.1 Å². The Bertz CT molecular complexity index is 777. The number of hydrogen-bond acceptors (Lipinski definition) is 3. The minimum atomic E-state index is -0.220. The maximum absolute atomic E-state index is 12.7. The van der Waals surface area contributed by atoms with E-state index in [1.54, 1.807) is 23.1 Å². The predicted molar refractivity (Wildman–Crippen MR) is 98.5 cm³/mol. The first kappa shape index (κ1) is 16.9. The smallest absolute Gasteiger partial charge is 0.265 e. The minimum absolute atomic E-state index is 0.0915. The maximum Gasteiger partial charge on any atom is 0.265 e. The molecule has 0 saturated heterocycles. The van der Waals surface area contributed by atoms with Crippen LogP contribution in [0.1, 0.15) is 13.8 Å². The first-order valence-corrected chi connectivity index (χ1v) is 8.37. The topological polar surface area (TPSA) is 41.6 Å². The first-order valence-electron chi connectivity index (χ1n) is 7.61. The Hall–Kier alpha value is -1.91. The molecule has 0 aliphatic carbocycles. The molecule has 4 nitrogen and oxygen atoms in total. The van der Waals surface area contributed by atoms with Gasteiger partial charge in [0.15, 0.2) is 6.61 Å². The Balaban J connectivity index is 1.77. The second-order valence-electron chi connectivity index (χ2n) is 6.37. The molecule has 1 aliphatic heterocycles. The number of nitrogens with zero attached hydrogens (tertiary/aromatic N) is 1. The van der Waals surface area contributed by atoms with Gasteiger partial charge in [0.2, 0.25) is 0 Å². The van der Waals surface area contributed by atoms with E-state index in [1.165, 1.54) is 0 Å². The molecule has 0 bridgehead atoms. The van der Waals surface area contributed by atoms with Crippen LogP contribution in [0.5, 0.6) is 5.75 Å². The summed E-state index contributed by atoms with van der Waals surface area (Å²) in [5, 5.41) is 4.35. The zero-order valence-corrected chi connectivity index (χ0v) is 15.0. The van der Waals surface area contributed by atoms with Gasteiger partial charge in [-0.05, 0) is 44.2 Å². The third-order valence-electron chi connectivity index (χ3n) is 3.77. The summed E-state index contributed by atoms with van der Waals surface area (Å²) in [6.45, 7) is 4.58. The molecule has 1 amide bonds. The number of ether oxygens (including phenoxy) is 1. The van der Waals surface area contributed by atoms with Crippen LogP contribution in [0.15, 0.2) is 42.5 Å². The van der Waals surface area contributed by atoms with Crippen LogP contribution in [0.25, 0.3) is 0 Å². The van der Waals surface area contributed by atoms with E-state index in [2.05, 4.69) is 19.2 Å². The van der Waals surface area contributed by atoms with E-state index in [4.69, 9.17) is 27.9 Å². The van der Waals surface area contributed by atoms with Crippen molar-refractivity contribution in [2.75, 3.05) is 23.4 Å². The Morgan fingerprint density at radius 1 is 1.25 bits per heavy atom. The number of halogens is 2. The highest BCUT2D eigenvalue weighted by Gasteiger charge is 2.32. The van der Waals surface area contributed by atoms with Gasteiger partial charge in [0.05, 0.1) is 16.4 Å². The average molecular weight is 365 g/mol. The molecule has 0 fully saturated rings. The van der Waals surface area contributed by atoms with Gasteiger partial charge in [-0.1, -0.05) is 35.3 Å². The Labute approximate surface area is 151 Å². The molecule has 1 aliphatic rings. The van der Waals surface area contributed by atoms with Crippen LogP contribution in [0.2, 0.25) is 10.0 Å². The fourth-order valence-corrected chi connectivity index (χ4v) is 3.19. The second kappa shape index (κ2) is 6.54. The number of amides is 1. The van der Waals surface area contributed by atoms with Crippen LogP contribution >= 0.6 is 23.2 Å². The summed E-state index contributed by atoms with van der Waals surface area (Å²) in [6, 6.07) is 12.7. The normalized spacial score (nSPS) is 15.4. The average Bonchev–Trinajstić information content (AvgIpc) is 2.52. The fourth-order valence-electron chi connectivity index (χ4n) is 2.73. The molecule has 0 saturated carbocycles. The molecule has 6 heteroatoms. The molecule has 2 aromatic rings. The van der Waals surface area contributed by atoms with Gasteiger partial charge < -0.3 is 15.0 Å². The van der Waals surface area contributed by atoms with E-state index in [9.17, 15) is 4.79 Å². The van der Waals surface area contributed by atoms with Crippen molar-refractivity contribution in [3.63, 3.8) is 0 Å². The number of carbonyl (C=O) groups excluding carboxylic acids is 1. The van der Waals surface area contributed by atoms with Crippen LogP contribution in [-0.2, 0) is 4.79 Å². The van der Waals surface area contributed by atoms with Crippen molar-refractivity contribution in [2.45, 2.75) is 19.4 Å². The molecular weight excluding hydrogens is 347 g/mol. The van der Waals surface area contributed by atoms with E-state index in [0.717, 1.165) is 11.4 Å². The number of benzene rings is 2. The monoisotopic (exact) mass is 364 g/mol. The molecule has 0 aromatic heterocycles. The second-order valence-corrected chi connectivity index (χ2v) is 7.21. The van der Waals surface area contributed by atoms with Crippen molar-refractivity contribution in [1.29, 1.82) is 0 Å². The van der Waals surface area contributed by atoms with Gasteiger partial charge in [-0.3, -0.25) is 4.79 Å². The van der Waals surface area contributed by atoms with Gasteiger partial charge >= 0.3 is 0 Å². The van der Waals surface area contributed by atoms with Gasteiger partial charge in [0.25, 0.3) is 5.91 Å². The van der Waals surface area contributed by atoms with Gasteiger partial charge in [-0.2, -0.15) is 0 Å². The summed E-state index contributed by atoms with van der Waals surface area (Å²) in [7, 11) is 0. The van der Waals surface area contributed by atoms with Gasteiger partial charge in [0, 0.05) is 17.1 Å². The van der Waals surface area contributed by atoms with Gasteiger partial charge in [0.1, 0.15) is 5.75 Å². The maximum atomic E-state index is 12.7. The molecule has 2 aromatic carbocycles. The van der Waals surface area contributed by atoms with Crippen LogP contribution in [-0.4, -0.2) is 24.6 Å². The number of carbonyl (C=O) groups is 1. The van der Waals surface area contributed by atoms with Gasteiger partial charge in [-0.15, -0.1) is 0 Å². The number of anilines is 2. The first-order chi connectivity index (χ1) is 11.4. The van der Waals surface area contributed by atoms with Crippen molar-refractivity contribution in [2.24, 2.45) is 0 Å². The fraction of sp³-hybridized carbons (Fsp3) is 0.278. The summed E-state index contributed by atoms with van der Waals surface area (Å²) in [4.78, 5) is 14.4. The predicted octanol–water partition coefficient (Wildman–Crippen LogP) is 4.61.